The van der Waals surface area contributed by atoms with Crippen LogP contribution in [0.5, 0.6) is 11.5 Å². The fourth-order valence-corrected chi connectivity index (χ4v) is 2.83. The Labute approximate surface area is 143 Å². The summed E-state index contributed by atoms with van der Waals surface area (Å²) in [6.07, 6.45) is 1.00. The van der Waals surface area contributed by atoms with Gasteiger partial charge in [-0.15, -0.1) is 0 Å². The zero-order chi connectivity index (χ0) is 17.4. The third kappa shape index (κ3) is 4.51. The van der Waals surface area contributed by atoms with Crippen LogP contribution in [0.3, 0.4) is 0 Å². The van der Waals surface area contributed by atoms with Gasteiger partial charge in [0.1, 0.15) is 0 Å². The molecule has 0 aliphatic carbocycles. The summed E-state index contributed by atoms with van der Waals surface area (Å²) in [6, 6.07) is 15.8. The predicted molar refractivity (Wildman–Crippen MR) is 93.7 cm³/mol. The Morgan fingerprint density at radius 2 is 1.75 bits per heavy atom. The van der Waals surface area contributed by atoms with Gasteiger partial charge in [0.05, 0.1) is 27.2 Å². The SMILES string of the molecule is CCOC(=O)CC(Cc1cccc(OC)c1OC)c1ccccc1. The maximum atomic E-state index is 12.0. The molecule has 0 aliphatic heterocycles. The zero-order valence-electron chi connectivity index (χ0n) is 14.5. The molecular formula is C20H24O4. The molecule has 0 amide bonds. The average Bonchev–Trinajstić information content (AvgIpc) is 2.61. The van der Waals surface area contributed by atoms with Gasteiger partial charge in [0.25, 0.3) is 0 Å². The Balaban J connectivity index is 2.30. The van der Waals surface area contributed by atoms with Crippen LogP contribution in [0.15, 0.2) is 48.5 Å². The lowest BCUT2D eigenvalue weighted by molar-refractivity contribution is -0.143. The molecule has 0 saturated carbocycles. The molecule has 4 heteroatoms. The minimum absolute atomic E-state index is 0.0197. The predicted octanol–water partition coefficient (Wildman–Crippen LogP) is 3.98. The molecule has 0 fully saturated rings. The van der Waals surface area contributed by atoms with Gasteiger partial charge in [-0.05, 0) is 36.5 Å². The van der Waals surface area contributed by atoms with Gasteiger partial charge in [0.15, 0.2) is 11.5 Å². The number of hydrogen-bond donors (Lipinski definition) is 0. The number of esters is 1. The quantitative estimate of drug-likeness (QED) is 0.688. The van der Waals surface area contributed by atoms with E-state index in [2.05, 4.69) is 0 Å². The van der Waals surface area contributed by atoms with Crippen molar-refractivity contribution in [1.29, 1.82) is 0 Å². The summed E-state index contributed by atoms with van der Waals surface area (Å²) in [6.45, 7) is 2.21. The Morgan fingerprint density at radius 3 is 2.38 bits per heavy atom. The second-order valence-corrected chi connectivity index (χ2v) is 5.47. The van der Waals surface area contributed by atoms with Gasteiger partial charge >= 0.3 is 5.97 Å². The van der Waals surface area contributed by atoms with E-state index in [1.54, 1.807) is 14.2 Å². The molecule has 0 aromatic heterocycles. The molecule has 1 unspecified atom stereocenters. The number of carbonyl (C=O) groups excluding carboxylic acids is 1. The van der Waals surface area contributed by atoms with Crippen molar-refractivity contribution < 1.29 is 19.0 Å². The summed E-state index contributed by atoms with van der Waals surface area (Å²) >= 11 is 0. The summed E-state index contributed by atoms with van der Waals surface area (Å²) in [4.78, 5) is 12.0. The topological polar surface area (TPSA) is 44.8 Å². The van der Waals surface area contributed by atoms with Crippen molar-refractivity contribution in [2.45, 2.75) is 25.7 Å². The van der Waals surface area contributed by atoms with Gasteiger partial charge in [-0.2, -0.15) is 0 Å². The summed E-state index contributed by atoms with van der Waals surface area (Å²) in [7, 11) is 3.25. The summed E-state index contributed by atoms with van der Waals surface area (Å²) in [5.74, 6) is 1.24. The van der Waals surface area contributed by atoms with Crippen molar-refractivity contribution in [1.82, 2.24) is 0 Å². The van der Waals surface area contributed by atoms with Crippen molar-refractivity contribution in [2.24, 2.45) is 0 Å². The van der Waals surface area contributed by atoms with E-state index < -0.39 is 0 Å². The van der Waals surface area contributed by atoms with Gasteiger partial charge in [0.2, 0.25) is 0 Å². The highest BCUT2D eigenvalue weighted by Crippen LogP contribution is 2.35. The standard InChI is InChI=1S/C20H24O4/c1-4-24-19(21)14-17(15-9-6-5-7-10-15)13-16-11-8-12-18(22-2)20(16)23-3/h5-12,17H,4,13-14H2,1-3H3. The van der Waals surface area contributed by atoms with Crippen LogP contribution in [-0.4, -0.2) is 26.8 Å². The number of para-hydroxylation sites is 1. The third-order valence-electron chi connectivity index (χ3n) is 3.94. The molecule has 2 aromatic rings. The molecule has 1 atom stereocenters. The first-order valence-electron chi connectivity index (χ1n) is 8.10. The van der Waals surface area contributed by atoms with Crippen LogP contribution >= 0.6 is 0 Å². The Kier molecular flexibility index (Phi) is 6.67. The summed E-state index contributed by atoms with van der Waals surface area (Å²) in [5.41, 5.74) is 2.12. The molecule has 0 radical (unpaired) electrons. The Morgan fingerprint density at radius 1 is 1.00 bits per heavy atom. The molecule has 0 spiro atoms. The molecular weight excluding hydrogens is 304 g/mol. The van der Waals surface area contributed by atoms with Crippen LogP contribution in [0, 0.1) is 0 Å². The number of carbonyl (C=O) groups is 1. The fraction of sp³-hybridized carbons (Fsp3) is 0.350. The number of benzene rings is 2. The summed E-state index contributed by atoms with van der Waals surface area (Å²) in [5, 5.41) is 0. The van der Waals surface area contributed by atoms with E-state index in [-0.39, 0.29) is 11.9 Å². The number of methoxy groups -OCH3 is 2. The molecule has 0 saturated heterocycles. The van der Waals surface area contributed by atoms with E-state index >= 15 is 0 Å². The van der Waals surface area contributed by atoms with Gasteiger partial charge in [0, 0.05) is 0 Å². The summed E-state index contributed by atoms with van der Waals surface area (Å²) < 4.78 is 16.0. The highest BCUT2D eigenvalue weighted by Gasteiger charge is 2.20. The van der Waals surface area contributed by atoms with E-state index in [1.165, 1.54) is 0 Å². The van der Waals surface area contributed by atoms with E-state index in [4.69, 9.17) is 14.2 Å². The highest BCUT2D eigenvalue weighted by molar-refractivity contribution is 5.70. The first-order valence-corrected chi connectivity index (χ1v) is 8.10. The van der Waals surface area contributed by atoms with E-state index in [0.717, 1.165) is 11.1 Å². The largest absolute Gasteiger partial charge is 0.493 e. The van der Waals surface area contributed by atoms with Gasteiger partial charge < -0.3 is 14.2 Å². The van der Waals surface area contributed by atoms with Crippen molar-refractivity contribution in [3.8, 4) is 11.5 Å². The second-order valence-electron chi connectivity index (χ2n) is 5.47. The van der Waals surface area contributed by atoms with Crippen molar-refractivity contribution in [3.05, 3.63) is 59.7 Å². The molecule has 0 heterocycles. The third-order valence-corrected chi connectivity index (χ3v) is 3.94. The Bertz CT molecular complexity index is 652. The molecule has 24 heavy (non-hydrogen) atoms. The molecule has 128 valence electrons. The minimum Gasteiger partial charge on any atom is -0.493 e. The normalized spacial score (nSPS) is 11.6. The molecule has 4 nitrogen and oxygen atoms in total. The second kappa shape index (κ2) is 8.96. The van der Waals surface area contributed by atoms with Gasteiger partial charge in [-0.3, -0.25) is 4.79 Å². The van der Waals surface area contributed by atoms with E-state index in [9.17, 15) is 4.79 Å². The Hall–Kier alpha value is -2.49. The van der Waals surface area contributed by atoms with E-state index in [0.29, 0.717) is 30.9 Å². The van der Waals surface area contributed by atoms with Crippen LogP contribution in [0.2, 0.25) is 0 Å². The molecule has 2 rings (SSSR count). The number of rotatable bonds is 8. The average molecular weight is 328 g/mol. The van der Waals surface area contributed by atoms with Crippen molar-refractivity contribution >= 4 is 5.97 Å². The minimum atomic E-state index is -0.187. The number of ether oxygens (including phenoxy) is 3. The van der Waals surface area contributed by atoms with Crippen LogP contribution in [0.4, 0.5) is 0 Å². The number of hydrogen-bond acceptors (Lipinski definition) is 4. The van der Waals surface area contributed by atoms with E-state index in [1.807, 2.05) is 55.5 Å². The maximum absolute atomic E-state index is 12.0. The highest BCUT2D eigenvalue weighted by atomic mass is 16.5. The smallest absolute Gasteiger partial charge is 0.306 e. The van der Waals surface area contributed by atoms with Gasteiger partial charge in [-0.25, -0.2) is 0 Å². The molecule has 2 aromatic carbocycles. The van der Waals surface area contributed by atoms with Crippen molar-refractivity contribution in [3.63, 3.8) is 0 Å². The molecule has 0 aliphatic rings. The van der Waals surface area contributed by atoms with Crippen molar-refractivity contribution in [2.75, 3.05) is 20.8 Å². The fourth-order valence-electron chi connectivity index (χ4n) is 2.83. The van der Waals surface area contributed by atoms with Gasteiger partial charge in [-0.1, -0.05) is 42.5 Å². The first kappa shape index (κ1) is 17.9. The lowest BCUT2D eigenvalue weighted by Gasteiger charge is -2.19. The lowest BCUT2D eigenvalue weighted by atomic mass is 9.89. The molecule has 0 bridgehead atoms. The monoisotopic (exact) mass is 328 g/mol. The van der Waals surface area contributed by atoms with Crippen LogP contribution < -0.4 is 9.47 Å². The lowest BCUT2D eigenvalue weighted by Crippen LogP contribution is -2.13. The first-order chi connectivity index (χ1) is 11.7. The van der Waals surface area contributed by atoms with Crippen LogP contribution in [0.25, 0.3) is 0 Å². The van der Waals surface area contributed by atoms with Crippen LogP contribution in [-0.2, 0) is 16.0 Å². The zero-order valence-corrected chi connectivity index (χ0v) is 14.5. The van der Waals surface area contributed by atoms with Crippen LogP contribution in [0.1, 0.15) is 30.4 Å². The maximum Gasteiger partial charge on any atom is 0.306 e. The molecule has 0 N–H and O–H groups in total.